The average Bonchev–Trinajstić information content (AvgIpc) is 3.06. The number of benzene rings is 1. The molecule has 0 aliphatic carbocycles. The van der Waals surface area contributed by atoms with Crippen LogP contribution in [-0.2, 0) is 16.0 Å². The highest BCUT2D eigenvalue weighted by atomic mass is 35.5. The van der Waals surface area contributed by atoms with Crippen LogP contribution in [0.5, 0.6) is 0 Å². The Balaban J connectivity index is 1.83. The summed E-state index contributed by atoms with van der Waals surface area (Å²) in [7, 11) is 2.70. The maximum absolute atomic E-state index is 12.2. The van der Waals surface area contributed by atoms with Crippen LogP contribution in [0.4, 0.5) is 4.79 Å². The maximum atomic E-state index is 12.2. The van der Waals surface area contributed by atoms with Crippen LogP contribution in [0.3, 0.4) is 0 Å². The lowest BCUT2D eigenvalue weighted by Gasteiger charge is -2.32. The minimum atomic E-state index is -0.986. The average molecular weight is 381 g/mol. The van der Waals surface area contributed by atoms with Gasteiger partial charge in [-0.25, -0.2) is 4.79 Å². The lowest BCUT2D eigenvalue weighted by atomic mass is 9.99. The van der Waals surface area contributed by atoms with Gasteiger partial charge in [-0.2, -0.15) is 0 Å². The van der Waals surface area contributed by atoms with Gasteiger partial charge in [0.1, 0.15) is 17.4 Å². The highest BCUT2D eigenvalue weighted by Gasteiger charge is 2.42. The number of furan rings is 1. The van der Waals surface area contributed by atoms with Crippen LogP contribution in [-0.4, -0.2) is 41.7 Å². The number of hydrogen-bond donors (Lipinski definition) is 0. The standard InChI is InChI=1S/C17H14Cl2N2O4/c1-20-15(22)11(16(23)21(2)17(20)24)8-10-4-6-14(25-10)9-3-5-12(18)13(19)7-9/h3-7,11H,8H2,1-2H3. The van der Waals surface area contributed by atoms with E-state index in [0.29, 0.717) is 21.6 Å². The van der Waals surface area contributed by atoms with Gasteiger partial charge in [0.25, 0.3) is 0 Å². The lowest BCUT2D eigenvalue weighted by molar-refractivity contribution is -0.147. The molecule has 0 bridgehead atoms. The van der Waals surface area contributed by atoms with E-state index in [9.17, 15) is 14.4 Å². The quantitative estimate of drug-likeness (QED) is 0.764. The van der Waals surface area contributed by atoms with E-state index < -0.39 is 23.8 Å². The van der Waals surface area contributed by atoms with E-state index in [1.165, 1.54) is 14.1 Å². The molecule has 0 atom stereocenters. The van der Waals surface area contributed by atoms with Gasteiger partial charge >= 0.3 is 6.03 Å². The summed E-state index contributed by atoms with van der Waals surface area (Å²) >= 11 is 11.9. The number of amides is 4. The zero-order valence-electron chi connectivity index (χ0n) is 13.5. The summed E-state index contributed by atoms with van der Waals surface area (Å²) in [6.07, 6.45) is 0.0704. The zero-order valence-corrected chi connectivity index (χ0v) is 15.0. The Kier molecular flexibility index (Phi) is 4.58. The predicted molar refractivity (Wildman–Crippen MR) is 92.3 cm³/mol. The van der Waals surface area contributed by atoms with Crippen molar-refractivity contribution in [2.45, 2.75) is 6.42 Å². The minimum absolute atomic E-state index is 0.0704. The van der Waals surface area contributed by atoms with Crippen LogP contribution in [0.15, 0.2) is 34.7 Å². The van der Waals surface area contributed by atoms with Gasteiger partial charge in [0.15, 0.2) is 0 Å². The molecule has 130 valence electrons. The van der Waals surface area contributed by atoms with Crippen LogP contribution in [0.2, 0.25) is 10.0 Å². The fraction of sp³-hybridized carbons (Fsp3) is 0.235. The fourth-order valence-electron chi connectivity index (χ4n) is 2.65. The van der Waals surface area contributed by atoms with Gasteiger partial charge in [0.05, 0.1) is 10.0 Å². The van der Waals surface area contributed by atoms with E-state index in [1.807, 2.05) is 0 Å². The highest BCUT2D eigenvalue weighted by Crippen LogP contribution is 2.30. The van der Waals surface area contributed by atoms with Crippen LogP contribution in [0, 0.1) is 5.92 Å². The molecule has 1 aromatic carbocycles. The molecule has 0 N–H and O–H groups in total. The first-order chi connectivity index (χ1) is 11.8. The number of rotatable bonds is 3. The van der Waals surface area contributed by atoms with Crippen molar-refractivity contribution in [3.8, 4) is 11.3 Å². The van der Waals surface area contributed by atoms with Crippen molar-refractivity contribution in [1.29, 1.82) is 0 Å². The second-order valence-corrected chi connectivity index (χ2v) is 6.54. The molecule has 2 aromatic rings. The third-order valence-corrected chi connectivity index (χ3v) is 4.84. The Hall–Kier alpha value is -2.31. The molecular formula is C17H14Cl2N2O4. The summed E-state index contributed by atoms with van der Waals surface area (Å²) in [4.78, 5) is 38.1. The first-order valence-corrected chi connectivity index (χ1v) is 8.18. The predicted octanol–water partition coefficient (Wildman–Crippen LogP) is 3.46. The number of urea groups is 1. The molecule has 4 amide bonds. The molecule has 3 rings (SSSR count). The van der Waals surface area contributed by atoms with Gasteiger partial charge < -0.3 is 4.42 Å². The van der Waals surface area contributed by atoms with Gasteiger partial charge in [-0.15, -0.1) is 0 Å². The van der Waals surface area contributed by atoms with Crippen LogP contribution in [0.1, 0.15) is 5.76 Å². The lowest BCUT2D eigenvalue weighted by Crippen LogP contribution is -2.57. The number of halogens is 2. The number of nitrogens with zero attached hydrogens (tertiary/aromatic N) is 2. The number of hydrogen-bond acceptors (Lipinski definition) is 4. The Morgan fingerprint density at radius 2 is 1.60 bits per heavy atom. The van der Waals surface area contributed by atoms with Gasteiger partial charge in [0, 0.05) is 26.1 Å². The zero-order chi connectivity index (χ0) is 18.3. The first-order valence-electron chi connectivity index (χ1n) is 7.43. The molecule has 1 aromatic heterocycles. The summed E-state index contributed by atoms with van der Waals surface area (Å²) in [5.41, 5.74) is 0.728. The summed E-state index contributed by atoms with van der Waals surface area (Å²) in [6.45, 7) is 0. The monoisotopic (exact) mass is 380 g/mol. The SMILES string of the molecule is CN1C(=O)C(Cc2ccc(-c3ccc(Cl)c(Cl)c3)o2)C(=O)N(C)C1=O. The van der Waals surface area contributed by atoms with Gasteiger partial charge in [-0.3, -0.25) is 19.4 Å². The molecular weight excluding hydrogens is 367 g/mol. The van der Waals surface area contributed by atoms with Crippen molar-refractivity contribution in [1.82, 2.24) is 9.80 Å². The van der Waals surface area contributed by atoms with E-state index in [-0.39, 0.29) is 6.42 Å². The topological polar surface area (TPSA) is 70.8 Å². The Morgan fingerprint density at radius 3 is 2.20 bits per heavy atom. The number of imide groups is 2. The Bertz CT molecular complexity index is 853. The molecule has 2 heterocycles. The molecule has 1 aliphatic rings. The molecule has 6 nitrogen and oxygen atoms in total. The van der Waals surface area contributed by atoms with Crippen LogP contribution in [0.25, 0.3) is 11.3 Å². The first kappa shape index (κ1) is 17.5. The second-order valence-electron chi connectivity index (χ2n) is 5.73. The van der Waals surface area contributed by atoms with E-state index in [2.05, 4.69) is 0 Å². The van der Waals surface area contributed by atoms with E-state index in [1.54, 1.807) is 30.3 Å². The van der Waals surface area contributed by atoms with E-state index >= 15 is 0 Å². The Morgan fingerprint density at radius 1 is 0.960 bits per heavy atom. The van der Waals surface area contributed by atoms with Gasteiger partial charge in [0.2, 0.25) is 11.8 Å². The van der Waals surface area contributed by atoms with E-state index in [4.69, 9.17) is 27.6 Å². The molecule has 0 unspecified atom stereocenters. The summed E-state index contributed by atoms with van der Waals surface area (Å²) in [6, 6.07) is 7.87. The third kappa shape index (κ3) is 3.15. The fourth-order valence-corrected chi connectivity index (χ4v) is 2.95. The van der Waals surface area contributed by atoms with Crippen molar-refractivity contribution in [2.24, 2.45) is 5.92 Å². The molecule has 8 heteroatoms. The van der Waals surface area contributed by atoms with Crippen molar-refractivity contribution in [3.05, 3.63) is 46.1 Å². The smallest absolute Gasteiger partial charge is 0.332 e. The molecule has 25 heavy (non-hydrogen) atoms. The number of carbonyl (C=O) groups is 3. The van der Waals surface area contributed by atoms with Crippen LogP contribution >= 0.6 is 23.2 Å². The minimum Gasteiger partial charge on any atom is -0.461 e. The number of carbonyl (C=O) groups excluding carboxylic acids is 3. The van der Waals surface area contributed by atoms with Crippen LogP contribution < -0.4 is 0 Å². The largest absolute Gasteiger partial charge is 0.461 e. The molecule has 0 spiro atoms. The molecule has 0 radical (unpaired) electrons. The maximum Gasteiger partial charge on any atom is 0.332 e. The summed E-state index contributed by atoms with van der Waals surface area (Å²) < 4.78 is 5.73. The third-order valence-electron chi connectivity index (χ3n) is 4.10. The van der Waals surface area contributed by atoms with Crippen molar-refractivity contribution in [3.63, 3.8) is 0 Å². The Labute approximate surface area is 153 Å². The highest BCUT2D eigenvalue weighted by molar-refractivity contribution is 6.42. The number of barbiturate groups is 1. The molecule has 0 saturated carbocycles. The van der Waals surface area contributed by atoms with Crippen molar-refractivity contribution >= 4 is 41.0 Å². The van der Waals surface area contributed by atoms with Gasteiger partial charge in [-0.1, -0.05) is 23.2 Å². The molecule has 1 saturated heterocycles. The molecule has 1 fully saturated rings. The summed E-state index contributed by atoms with van der Waals surface area (Å²) in [5.74, 6) is -1.06. The normalized spacial score (nSPS) is 16.1. The molecule has 1 aliphatic heterocycles. The van der Waals surface area contributed by atoms with Crippen molar-refractivity contribution < 1.29 is 18.8 Å². The van der Waals surface area contributed by atoms with Crippen molar-refractivity contribution in [2.75, 3.05) is 14.1 Å². The second kappa shape index (κ2) is 6.54. The summed E-state index contributed by atoms with van der Waals surface area (Å²) in [5, 5.41) is 0.836. The van der Waals surface area contributed by atoms with E-state index in [0.717, 1.165) is 15.4 Å². The van der Waals surface area contributed by atoms with Gasteiger partial charge in [-0.05, 0) is 30.3 Å².